The van der Waals surface area contributed by atoms with Gasteiger partial charge >= 0.3 is 0 Å². The molecule has 0 bridgehead atoms. The number of para-hydroxylation sites is 3. The minimum Gasteiger partial charge on any atom is -0.492 e. The van der Waals surface area contributed by atoms with Crippen LogP contribution < -0.4 is 15.4 Å². The molecule has 0 unspecified atom stereocenters. The van der Waals surface area contributed by atoms with Crippen LogP contribution in [-0.4, -0.2) is 16.6 Å². The summed E-state index contributed by atoms with van der Waals surface area (Å²) >= 11 is 0. The Balaban J connectivity index is 1.83. The zero-order chi connectivity index (χ0) is 17.6. The van der Waals surface area contributed by atoms with Crippen LogP contribution in [0.4, 0.5) is 31.8 Å². The maximum Gasteiger partial charge on any atom is 0.149 e. The van der Waals surface area contributed by atoms with Crippen LogP contribution in [0.15, 0.2) is 54.9 Å². The monoisotopic (exact) mass is 342 g/mol. The Labute approximate surface area is 143 Å². The highest BCUT2D eigenvalue weighted by molar-refractivity contribution is 5.67. The number of hydrogen-bond donors (Lipinski definition) is 2. The second-order valence-corrected chi connectivity index (χ2v) is 5.06. The van der Waals surface area contributed by atoms with Crippen molar-refractivity contribution in [2.45, 2.75) is 6.92 Å². The molecular weight excluding hydrogens is 326 g/mol. The second-order valence-electron chi connectivity index (χ2n) is 5.06. The smallest absolute Gasteiger partial charge is 0.149 e. The molecule has 0 saturated carbocycles. The first-order chi connectivity index (χ1) is 12.2. The van der Waals surface area contributed by atoms with Gasteiger partial charge in [0.25, 0.3) is 0 Å². The zero-order valence-corrected chi connectivity index (χ0v) is 13.5. The van der Waals surface area contributed by atoms with Crippen LogP contribution in [0.3, 0.4) is 0 Å². The fourth-order valence-electron chi connectivity index (χ4n) is 2.23. The molecule has 0 aliphatic heterocycles. The predicted molar refractivity (Wildman–Crippen MR) is 92.6 cm³/mol. The number of nitrogens with zero attached hydrogens (tertiary/aromatic N) is 2. The van der Waals surface area contributed by atoms with Gasteiger partial charge in [-0.2, -0.15) is 0 Å². The molecule has 1 heterocycles. The minimum atomic E-state index is -0.699. The molecule has 0 saturated heterocycles. The topological polar surface area (TPSA) is 59.1 Å². The first kappa shape index (κ1) is 16.6. The Morgan fingerprint density at radius 3 is 2.32 bits per heavy atom. The molecule has 0 aliphatic carbocycles. The van der Waals surface area contributed by atoms with Crippen molar-refractivity contribution in [2.75, 3.05) is 17.2 Å². The van der Waals surface area contributed by atoms with E-state index in [-0.39, 0.29) is 11.5 Å². The van der Waals surface area contributed by atoms with Gasteiger partial charge in [-0.3, -0.25) is 0 Å². The fourth-order valence-corrected chi connectivity index (χ4v) is 2.23. The number of anilines is 4. The van der Waals surface area contributed by atoms with Gasteiger partial charge in [0.1, 0.15) is 41.0 Å². The Morgan fingerprint density at radius 1 is 0.920 bits per heavy atom. The number of benzene rings is 2. The van der Waals surface area contributed by atoms with Gasteiger partial charge in [-0.1, -0.05) is 18.2 Å². The van der Waals surface area contributed by atoms with Crippen molar-refractivity contribution in [1.82, 2.24) is 9.97 Å². The van der Waals surface area contributed by atoms with Gasteiger partial charge < -0.3 is 15.4 Å². The van der Waals surface area contributed by atoms with Gasteiger partial charge in [0.05, 0.1) is 12.3 Å². The summed E-state index contributed by atoms with van der Waals surface area (Å²) in [6, 6.07) is 12.6. The molecule has 0 aliphatic rings. The van der Waals surface area contributed by atoms with Crippen molar-refractivity contribution in [3.05, 3.63) is 66.5 Å². The molecule has 1 aromatic heterocycles. The molecule has 25 heavy (non-hydrogen) atoms. The Morgan fingerprint density at radius 2 is 1.60 bits per heavy atom. The molecule has 5 nitrogen and oxygen atoms in total. The Bertz CT molecular complexity index is 853. The Kier molecular flexibility index (Phi) is 5.03. The van der Waals surface area contributed by atoms with Crippen LogP contribution in [0.5, 0.6) is 5.75 Å². The standard InChI is InChI=1S/C18H16F2N4O/c1-2-25-15-9-4-3-8-14(15)23-16-10-17(22-11-21-16)24-18-12(19)6-5-7-13(18)20/h3-11H,2H2,1H3,(H2,21,22,23,24). The number of aromatic nitrogens is 2. The maximum atomic E-state index is 13.7. The van der Waals surface area contributed by atoms with Crippen LogP contribution in [0.1, 0.15) is 6.92 Å². The molecule has 7 heteroatoms. The summed E-state index contributed by atoms with van der Waals surface area (Å²) in [5.74, 6) is -0.000290. The maximum absolute atomic E-state index is 13.7. The van der Waals surface area contributed by atoms with Crippen LogP contribution >= 0.6 is 0 Å². The fraction of sp³-hybridized carbons (Fsp3) is 0.111. The van der Waals surface area contributed by atoms with E-state index in [4.69, 9.17) is 4.74 Å². The van der Waals surface area contributed by atoms with Crippen molar-refractivity contribution < 1.29 is 13.5 Å². The van der Waals surface area contributed by atoms with E-state index in [2.05, 4.69) is 20.6 Å². The lowest BCUT2D eigenvalue weighted by atomic mass is 10.3. The lowest BCUT2D eigenvalue weighted by molar-refractivity contribution is 0.342. The predicted octanol–water partition coefficient (Wildman–Crippen LogP) is 4.64. The van der Waals surface area contributed by atoms with Crippen molar-refractivity contribution >= 4 is 23.0 Å². The van der Waals surface area contributed by atoms with Crippen LogP contribution in [0.25, 0.3) is 0 Å². The molecule has 0 fully saturated rings. The molecule has 128 valence electrons. The van der Waals surface area contributed by atoms with E-state index in [1.807, 2.05) is 31.2 Å². The number of rotatable bonds is 6. The van der Waals surface area contributed by atoms with Gasteiger partial charge in [0.15, 0.2) is 0 Å². The normalized spacial score (nSPS) is 10.4. The molecular formula is C18H16F2N4O. The lowest BCUT2D eigenvalue weighted by Crippen LogP contribution is -2.02. The van der Waals surface area contributed by atoms with E-state index in [0.29, 0.717) is 18.2 Å². The van der Waals surface area contributed by atoms with Crippen LogP contribution in [-0.2, 0) is 0 Å². The third-order valence-corrected chi connectivity index (χ3v) is 3.33. The van der Waals surface area contributed by atoms with Crippen molar-refractivity contribution in [3.8, 4) is 5.75 Å². The van der Waals surface area contributed by atoms with E-state index < -0.39 is 11.6 Å². The summed E-state index contributed by atoms with van der Waals surface area (Å²) < 4.78 is 33.0. The Hall–Kier alpha value is -3.22. The molecule has 3 aromatic rings. The minimum absolute atomic E-state index is 0.260. The first-order valence-electron chi connectivity index (χ1n) is 7.69. The summed E-state index contributed by atoms with van der Waals surface area (Å²) in [5, 5.41) is 5.74. The molecule has 3 rings (SSSR count). The number of hydrogen-bond acceptors (Lipinski definition) is 5. The average Bonchev–Trinajstić information content (AvgIpc) is 2.61. The summed E-state index contributed by atoms with van der Waals surface area (Å²) in [6.07, 6.45) is 1.30. The highest BCUT2D eigenvalue weighted by atomic mass is 19.1. The SMILES string of the molecule is CCOc1ccccc1Nc1cc(Nc2c(F)cccc2F)ncn1. The van der Waals surface area contributed by atoms with Gasteiger partial charge in [-0.05, 0) is 31.2 Å². The van der Waals surface area contributed by atoms with Gasteiger partial charge in [-0.25, -0.2) is 18.7 Å². The number of nitrogens with one attached hydrogen (secondary N) is 2. The largest absolute Gasteiger partial charge is 0.492 e. The highest BCUT2D eigenvalue weighted by Crippen LogP contribution is 2.28. The third-order valence-electron chi connectivity index (χ3n) is 3.33. The quantitative estimate of drug-likeness (QED) is 0.683. The summed E-state index contributed by atoms with van der Waals surface area (Å²) in [6.45, 7) is 2.42. The molecule has 0 atom stereocenters. The average molecular weight is 342 g/mol. The van der Waals surface area contributed by atoms with E-state index in [1.54, 1.807) is 6.07 Å². The van der Waals surface area contributed by atoms with E-state index in [0.717, 1.165) is 5.69 Å². The van der Waals surface area contributed by atoms with Crippen molar-refractivity contribution in [1.29, 1.82) is 0 Å². The highest BCUT2D eigenvalue weighted by Gasteiger charge is 2.10. The molecule has 2 N–H and O–H groups in total. The number of halogens is 2. The molecule has 0 radical (unpaired) electrons. The van der Waals surface area contributed by atoms with Gasteiger partial charge in [-0.15, -0.1) is 0 Å². The molecule has 0 spiro atoms. The number of ether oxygens (including phenoxy) is 1. The molecule has 2 aromatic carbocycles. The van der Waals surface area contributed by atoms with Crippen LogP contribution in [0.2, 0.25) is 0 Å². The summed E-state index contributed by atoms with van der Waals surface area (Å²) in [7, 11) is 0. The summed E-state index contributed by atoms with van der Waals surface area (Å²) in [5.41, 5.74) is 0.466. The lowest BCUT2D eigenvalue weighted by Gasteiger charge is -2.12. The van der Waals surface area contributed by atoms with E-state index in [9.17, 15) is 8.78 Å². The first-order valence-corrected chi connectivity index (χ1v) is 7.69. The van der Waals surface area contributed by atoms with E-state index in [1.165, 1.54) is 24.5 Å². The second kappa shape index (κ2) is 7.57. The van der Waals surface area contributed by atoms with Crippen molar-refractivity contribution in [2.24, 2.45) is 0 Å². The summed E-state index contributed by atoms with van der Waals surface area (Å²) in [4.78, 5) is 8.11. The van der Waals surface area contributed by atoms with E-state index >= 15 is 0 Å². The van der Waals surface area contributed by atoms with Crippen LogP contribution in [0, 0.1) is 11.6 Å². The molecule has 0 amide bonds. The third kappa shape index (κ3) is 4.00. The zero-order valence-electron chi connectivity index (χ0n) is 13.5. The van der Waals surface area contributed by atoms with Gasteiger partial charge in [0.2, 0.25) is 0 Å². The van der Waals surface area contributed by atoms with Gasteiger partial charge in [0, 0.05) is 6.07 Å². The van der Waals surface area contributed by atoms with Crippen molar-refractivity contribution in [3.63, 3.8) is 0 Å².